The maximum atomic E-state index is 10.0. The van der Waals surface area contributed by atoms with Gasteiger partial charge in [0.05, 0.1) is 11.9 Å². The zero-order chi connectivity index (χ0) is 31.2. The number of hydrogen-bond donors (Lipinski definition) is 3. The Morgan fingerprint density at radius 3 is 1.11 bits per heavy atom. The van der Waals surface area contributed by atoms with Gasteiger partial charge in [0.1, 0.15) is 15.6 Å². The molecule has 0 radical (unpaired) electrons. The lowest BCUT2D eigenvalue weighted by molar-refractivity contribution is -0.119. The number of amides is 1. The number of nitrogens with zero attached hydrogens (tertiary/aromatic N) is 1. The number of nitrogens with one attached hydrogen (secondary N) is 1. The lowest BCUT2D eigenvalue weighted by Crippen LogP contribution is -2.18. The minimum atomic E-state index is -2.66. The molecule has 0 heterocycles. The first-order chi connectivity index (χ1) is 16.5. The molecule has 0 fully saturated rings. The number of rotatable bonds is 5. The van der Waals surface area contributed by atoms with E-state index in [0.717, 1.165) is 19.5 Å². The molecule has 1 amide bonds. The van der Waals surface area contributed by atoms with Crippen molar-refractivity contribution in [2.24, 2.45) is 10.7 Å². The number of aliphatic hydroxyl groups excluding tert-OH is 1. The van der Waals surface area contributed by atoms with Crippen LogP contribution in [0.1, 0.15) is 144 Å². The Morgan fingerprint density at radius 1 is 0.868 bits per heavy atom. The molecule has 0 bridgehead atoms. The van der Waals surface area contributed by atoms with Crippen LogP contribution in [-0.2, 0) is 19.4 Å². The van der Waals surface area contributed by atoms with E-state index in [9.17, 15) is 18.0 Å². The number of carbonyl (C=O) groups is 2. The second kappa shape index (κ2) is 65.0. The highest BCUT2D eigenvalue weighted by atomic mass is 32.2. The number of sulfone groups is 1. The van der Waals surface area contributed by atoms with Crippen LogP contribution < -0.4 is 11.1 Å². The van der Waals surface area contributed by atoms with E-state index in [4.69, 9.17) is 10.8 Å². The number of aliphatic imine (C=N–C) groups is 1. The Kier molecular flexibility index (Phi) is 112. The van der Waals surface area contributed by atoms with Crippen molar-refractivity contribution >= 4 is 27.4 Å². The third kappa shape index (κ3) is 292. The molecule has 38 heavy (non-hydrogen) atoms. The van der Waals surface area contributed by atoms with E-state index in [1.807, 2.05) is 41.5 Å². The summed E-state index contributed by atoms with van der Waals surface area (Å²) in [5, 5.41) is 10.9. The van der Waals surface area contributed by atoms with Crippen LogP contribution in [-0.4, -0.2) is 62.3 Å². The fourth-order valence-electron chi connectivity index (χ4n) is 0.498. The number of ketones is 1. The van der Waals surface area contributed by atoms with E-state index in [1.54, 1.807) is 27.7 Å². The lowest BCUT2D eigenvalue weighted by atomic mass is 10.3. The zero-order valence-electron chi connectivity index (χ0n) is 27.0. The SMILES string of the molecule is C.C.CC.CCC.CCC.CCC(C)=O.CCC(C)O.CCN=C(C)N.CCNC(C)=O.CCS(C)(=O)=O. The summed E-state index contributed by atoms with van der Waals surface area (Å²) in [5.41, 5.74) is 5.15. The molecule has 0 aromatic rings. The normalized spacial score (nSPS) is 9.03. The molecule has 4 N–H and O–H groups in total. The van der Waals surface area contributed by atoms with Gasteiger partial charge in [-0.3, -0.25) is 9.79 Å². The number of aliphatic hydroxyl groups is 1. The average molecular weight is 578 g/mol. The monoisotopic (exact) mass is 578 g/mol. The van der Waals surface area contributed by atoms with Crippen LogP contribution in [0.2, 0.25) is 0 Å². The highest BCUT2D eigenvalue weighted by molar-refractivity contribution is 7.90. The van der Waals surface area contributed by atoms with Crippen LogP contribution in [0.15, 0.2) is 4.99 Å². The van der Waals surface area contributed by atoms with Crippen molar-refractivity contribution in [3.05, 3.63) is 0 Å². The Morgan fingerprint density at radius 2 is 1.11 bits per heavy atom. The number of Topliss-reactive ketones (excluding diaryl/α,β-unsaturated/α-hetero) is 1. The van der Waals surface area contributed by atoms with Crippen molar-refractivity contribution in [3.8, 4) is 0 Å². The molecule has 1 unspecified atom stereocenters. The number of nitrogens with two attached hydrogens (primary N) is 1. The summed E-state index contributed by atoms with van der Waals surface area (Å²) >= 11 is 0. The molecule has 0 rings (SSSR count). The predicted molar refractivity (Wildman–Crippen MR) is 177 cm³/mol. The first kappa shape index (κ1) is 65.5. The molecule has 8 nitrogen and oxygen atoms in total. The topological polar surface area (TPSA) is 139 Å². The molecule has 0 aromatic heterocycles. The van der Waals surface area contributed by atoms with E-state index in [2.05, 4.69) is 38.0 Å². The Labute approximate surface area is 242 Å². The van der Waals surface area contributed by atoms with Gasteiger partial charge in [0.25, 0.3) is 0 Å². The van der Waals surface area contributed by atoms with Gasteiger partial charge in [-0.15, -0.1) is 0 Å². The second-order valence-electron chi connectivity index (χ2n) is 7.14. The van der Waals surface area contributed by atoms with Crippen LogP contribution in [0.3, 0.4) is 0 Å². The van der Waals surface area contributed by atoms with Crippen LogP contribution >= 0.6 is 0 Å². The van der Waals surface area contributed by atoms with Gasteiger partial charge in [0.2, 0.25) is 5.91 Å². The van der Waals surface area contributed by atoms with Gasteiger partial charge in [-0.1, -0.05) is 90.0 Å². The molecule has 0 spiro atoms. The third-order valence-electron chi connectivity index (χ3n) is 2.45. The summed E-state index contributed by atoms with van der Waals surface area (Å²) in [5.74, 6) is 1.20. The van der Waals surface area contributed by atoms with Crippen LogP contribution in [0.5, 0.6) is 0 Å². The molecule has 1 atom stereocenters. The van der Waals surface area contributed by atoms with Crippen LogP contribution in [0, 0.1) is 0 Å². The van der Waals surface area contributed by atoms with Crippen LogP contribution in [0.4, 0.5) is 0 Å². The minimum Gasteiger partial charge on any atom is -0.393 e. The molecular weight excluding hydrogens is 502 g/mol. The van der Waals surface area contributed by atoms with Gasteiger partial charge >= 0.3 is 0 Å². The molecule has 0 aromatic carbocycles. The van der Waals surface area contributed by atoms with Crippen molar-refractivity contribution in [1.82, 2.24) is 5.32 Å². The predicted octanol–water partition coefficient (Wildman–Crippen LogP) is 7.47. The highest BCUT2D eigenvalue weighted by Crippen LogP contribution is 1.81. The van der Waals surface area contributed by atoms with E-state index in [0.29, 0.717) is 12.3 Å². The van der Waals surface area contributed by atoms with Crippen molar-refractivity contribution in [2.75, 3.05) is 25.1 Å². The average Bonchev–Trinajstić information content (AvgIpc) is 2.77. The van der Waals surface area contributed by atoms with Crippen molar-refractivity contribution in [3.63, 3.8) is 0 Å². The van der Waals surface area contributed by atoms with Crippen LogP contribution in [0.25, 0.3) is 0 Å². The Bertz CT molecular complexity index is 502. The van der Waals surface area contributed by atoms with Gasteiger partial charge < -0.3 is 21.0 Å². The molecule has 0 saturated carbocycles. The summed E-state index contributed by atoms with van der Waals surface area (Å²) < 4.78 is 20.0. The van der Waals surface area contributed by atoms with Crippen molar-refractivity contribution in [1.29, 1.82) is 0 Å². The van der Waals surface area contributed by atoms with Gasteiger partial charge in [-0.2, -0.15) is 0 Å². The first-order valence-corrected chi connectivity index (χ1v) is 15.4. The van der Waals surface area contributed by atoms with E-state index >= 15 is 0 Å². The van der Waals surface area contributed by atoms with Crippen molar-refractivity contribution in [2.45, 2.75) is 150 Å². The van der Waals surface area contributed by atoms with Gasteiger partial charge in [-0.25, -0.2) is 8.42 Å². The summed E-state index contributed by atoms with van der Waals surface area (Å²) in [6, 6.07) is 0. The molecule has 0 saturated heterocycles. The summed E-state index contributed by atoms with van der Waals surface area (Å²) in [6.45, 7) is 29.9. The van der Waals surface area contributed by atoms with Gasteiger partial charge in [-0.05, 0) is 41.0 Å². The molecule has 0 aliphatic rings. The Balaban J connectivity index is -0.0000000299. The van der Waals surface area contributed by atoms with E-state index in [-0.39, 0.29) is 38.4 Å². The molecule has 0 aliphatic heterocycles. The maximum Gasteiger partial charge on any atom is 0.216 e. The quantitative estimate of drug-likeness (QED) is 0.229. The molecule has 0 aliphatic carbocycles. The third-order valence-corrected chi connectivity index (χ3v) is 3.50. The minimum absolute atomic E-state index is 0. The summed E-state index contributed by atoms with van der Waals surface area (Å²) in [7, 11) is -2.66. The highest BCUT2D eigenvalue weighted by Gasteiger charge is 1.90. The lowest BCUT2D eigenvalue weighted by Gasteiger charge is -1.90. The first-order valence-electron chi connectivity index (χ1n) is 13.3. The Hall–Kier alpha value is -1.48. The molecular formula is C29H75N3O5S. The number of amidine groups is 1. The maximum absolute atomic E-state index is 10.0. The largest absolute Gasteiger partial charge is 0.393 e. The number of hydrogen-bond acceptors (Lipinski definition) is 6. The van der Waals surface area contributed by atoms with Gasteiger partial charge in [0, 0.05) is 38.4 Å². The summed E-state index contributed by atoms with van der Waals surface area (Å²) in [4.78, 5) is 23.6. The summed E-state index contributed by atoms with van der Waals surface area (Å²) in [6.07, 6.45) is 5.13. The zero-order valence-corrected chi connectivity index (χ0v) is 27.9. The molecule has 242 valence electrons. The standard InChI is InChI=1S/C4H10N2.C4H9NO.C4H10O.C4H8O.C3H8O2S.2C3H8.C2H6.2CH4/c1-3-6-4(2)5;1-3-5-4(2)6;2*1-3-4(2)5;1-3-6(2,4)5;2*1-3-2;1-2;;/h3H2,1-2H3,(H2,5,6);3H2,1-2H3,(H,5,6);4-5H,3H2,1-2H3;3H2,1-2H3;3H2,1-2H3;2*3H2,1-2H3;1-2H3;2*1H4. The second-order valence-corrected chi connectivity index (χ2v) is 9.57. The van der Waals surface area contributed by atoms with Gasteiger partial charge in [0.15, 0.2) is 0 Å². The van der Waals surface area contributed by atoms with E-state index < -0.39 is 9.84 Å². The fourth-order valence-corrected chi connectivity index (χ4v) is 0.498. The van der Waals surface area contributed by atoms with Crippen molar-refractivity contribution < 1.29 is 23.1 Å². The smallest absolute Gasteiger partial charge is 0.216 e. The van der Waals surface area contributed by atoms with E-state index in [1.165, 1.54) is 26.0 Å². The fraction of sp³-hybridized carbons (Fsp3) is 0.897. The molecule has 9 heteroatoms. The number of carbonyl (C=O) groups excluding carboxylic acids is 2.